The minimum absolute atomic E-state index is 0.0788. The fourth-order valence-electron chi connectivity index (χ4n) is 2.64. The molecule has 3 rings (SSSR count). The lowest BCUT2D eigenvalue weighted by Crippen LogP contribution is -2.23. The number of carbonyl (C=O) groups excluding carboxylic acids is 1. The highest BCUT2D eigenvalue weighted by atomic mass is 16.5. The predicted octanol–water partition coefficient (Wildman–Crippen LogP) is 3.66. The molecular formula is C22H22N2O2. The average molecular weight is 346 g/mol. The molecule has 0 N–H and O–H groups in total. The van der Waals surface area contributed by atoms with Crippen LogP contribution in [0.3, 0.4) is 0 Å². The van der Waals surface area contributed by atoms with Gasteiger partial charge in [-0.3, -0.25) is 4.79 Å². The van der Waals surface area contributed by atoms with Crippen LogP contribution in [0, 0.1) is 13.8 Å². The van der Waals surface area contributed by atoms with Crippen LogP contribution in [-0.4, -0.2) is 17.1 Å². The summed E-state index contributed by atoms with van der Waals surface area (Å²) in [5.41, 5.74) is 3.87. The highest BCUT2D eigenvalue weighted by Gasteiger charge is 2.05. The number of aryl methyl sites for hydroxylation is 2. The van der Waals surface area contributed by atoms with Crippen LogP contribution < -0.4 is 10.2 Å². The Morgan fingerprint density at radius 1 is 1.00 bits per heavy atom. The molecule has 0 saturated heterocycles. The molecule has 0 aliphatic rings. The summed E-state index contributed by atoms with van der Waals surface area (Å²) in [6.07, 6.45) is 1.92. The van der Waals surface area contributed by atoms with E-state index < -0.39 is 0 Å². The fraction of sp³-hybridized carbons (Fsp3) is 0.182. The molecule has 3 aromatic rings. The van der Waals surface area contributed by atoms with Gasteiger partial charge < -0.3 is 9.30 Å². The van der Waals surface area contributed by atoms with Crippen LogP contribution in [0.25, 0.3) is 0 Å². The van der Waals surface area contributed by atoms with Crippen LogP contribution in [0.5, 0.6) is 5.75 Å². The number of rotatable bonds is 5. The Morgan fingerprint density at radius 2 is 1.77 bits per heavy atom. The Balaban J connectivity index is 1.75. The van der Waals surface area contributed by atoms with Crippen molar-refractivity contribution in [3.8, 4) is 5.75 Å². The second kappa shape index (κ2) is 8.30. The van der Waals surface area contributed by atoms with E-state index in [1.165, 1.54) is 0 Å². The van der Waals surface area contributed by atoms with Gasteiger partial charge in [0.2, 0.25) is 0 Å². The first-order chi connectivity index (χ1) is 12.6. The van der Waals surface area contributed by atoms with Gasteiger partial charge in [-0.15, -0.1) is 0 Å². The van der Waals surface area contributed by atoms with Crippen molar-refractivity contribution in [3.63, 3.8) is 0 Å². The zero-order valence-corrected chi connectivity index (χ0v) is 15.1. The Hall–Kier alpha value is -3.14. The molecule has 1 amide bonds. The Bertz CT molecular complexity index is 959. The van der Waals surface area contributed by atoms with E-state index in [1.54, 1.807) is 0 Å². The zero-order chi connectivity index (χ0) is 18.4. The summed E-state index contributed by atoms with van der Waals surface area (Å²) in [6.45, 7) is 4.53. The van der Waals surface area contributed by atoms with Gasteiger partial charge in [-0.2, -0.15) is 4.99 Å². The molecule has 0 aliphatic carbocycles. The maximum Gasteiger partial charge on any atom is 0.285 e. The molecule has 0 fully saturated rings. The van der Waals surface area contributed by atoms with Crippen molar-refractivity contribution in [1.29, 1.82) is 0 Å². The molecule has 0 saturated carbocycles. The van der Waals surface area contributed by atoms with E-state index in [2.05, 4.69) is 17.1 Å². The van der Waals surface area contributed by atoms with Crippen LogP contribution in [0.15, 0.2) is 77.9 Å². The molecule has 4 heteroatoms. The van der Waals surface area contributed by atoms with Gasteiger partial charge >= 0.3 is 0 Å². The SMILES string of the molecule is Cc1ccc(C)c(OCC(=O)N=c2ccccn2Cc2ccccc2)c1. The molecule has 0 aliphatic heterocycles. The number of pyridine rings is 1. The maximum absolute atomic E-state index is 12.3. The van der Waals surface area contributed by atoms with Gasteiger partial charge in [0.1, 0.15) is 11.2 Å². The van der Waals surface area contributed by atoms with Crippen LogP contribution in [-0.2, 0) is 11.3 Å². The second-order valence-corrected chi connectivity index (χ2v) is 6.24. The summed E-state index contributed by atoms with van der Waals surface area (Å²) >= 11 is 0. The average Bonchev–Trinajstić information content (AvgIpc) is 2.65. The number of hydrogen-bond acceptors (Lipinski definition) is 2. The van der Waals surface area contributed by atoms with Gasteiger partial charge in [0.05, 0.1) is 0 Å². The van der Waals surface area contributed by atoms with Crippen LogP contribution in [0.4, 0.5) is 0 Å². The minimum Gasteiger partial charge on any atom is -0.483 e. The predicted molar refractivity (Wildman–Crippen MR) is 102 cm³/mol. The summed E-state index contributed by atoms with van der Waals surface area (Å²) in [5, 5.41) is 0. The summed E-state index contributed by atoms with van der Waals surface area (Å²) in [7, 11) is 0. The lowest BCUT2D eigenvalue weighted by Gasteiger charge is -2.09. The first-order valence-electron chi connectivity index (χ1n) is 8.59. The molecule has 1 heterocycles. The summed E-state index contributed by atoms with van der Waals surface area (Å²) in [6, 6.07) is 21.7. The highest BCUT2D eigenvalue weighted by Crippen LogP contribution is 2.18. The second-order valence-electron chi connectivity index (χ2n) is 6.24. The zero-order valence-electron chi connectivity index (χ0n) is 15.1. The monoisotopic (exact) mass is 346 g/mol. The van der Waals surface area contributed by atoms with Crippen molar-refractivity contribution >= 4 is 5.91 Å². The van der Waals surface area contributed by atoms with E-state index in [9.17, 15) is 4.79 Å². The molecule has 0 unspecified atom stereocenters. The van der Waals surface area contributed by atoms with Crippen molar-refractivity contribution in [3.05, 3.63) is 95.1 Å². The molecule has 0 bridgehead atoms. The largest absolute Gasteiger partial charge is 0.483 e. The molecular weight excluding hydrogens is 324 g/mol. The topological polar surface area (TPSA) is 43.6 Å². The van der Waals surface area contributed by atoms with Gasteiger partial charge in [0.15, 0.2) is 6.61 Å². The normalized spacial score (nSPS) is 11.4. The standard InChI is InChI=1S/C22H22N2O2/c1-17-11-12-18(2)20(14-17)26-16-22(25)23-21-10-6-7-13-24(21)15-19-8-4-3-5-9-19/h3-14H,15-16H2,1-2H3. The Morgan fingerprint density at radius 3 is 2.58 bits per heavy atom. The molecule has 2 aromatic carbocycles. The minimum atomic E-state index is -0.307. The Kier molecular flexibility index (Phi) is 5.64. The molecule has 0 atom stereocenters. The molecule has 4 nitrogen and oxygen atoms in total. The van der Waals surface area contributed by atoms with Crippen LogP contribution >= 0.6 is 0 Å². The van der Waals surface area contributed by atoms with E-state index in [1.807, 2.05) is 79.2 Å². The van der Waals surface area contributed by atoms with E-state index in [0.717, 1.165) is 22.4 Å². The van der Waals surface area contributed by atoms with Crippen LogP contribution in [0.1, 0.15) is 16.7 Å². The third-order valence-corrected chi connectivity index (χ3v) is 4.05. The van der Waals surface area contributed by atoms with Crippen molar-refractivity contribution in [2.75, 3.05) is 6.61 Å². The highest BCUT2D eigenvalue weighted by molar-refractivity contribution is 5.78. The van der Waals surface area contributed by atoms with Crippen molar-refractivity contribution in [2.45, 2.75) is 20.4 Å². The van der Waals surface area contributed by atoms with E-state index >= 15 is 0 Å². The van der Waals surface area contributed by atoms with E-state index in [-0.39, 0.29) is 12.5 Å². The van der Waals surface area contributed by atoms with Gasteiger partial charge in [-0.05, 0) is 48.7 Å². The van der Waals surface area contributed by atoms with Crippen molar-refractivity contribution < 1.29 is 9.53 Å². The molecule has 26 heavy (non-hydrogen) atoms. The number of amides is 1. The Labute approximate surface area is 153 Å². The number of hydrogen-bond donors (Lipinski definition) is 0. The summed E-state index contributed by atoms with van der Waals surface area (Å²) in [4.78, 5) is 16.5. The number of benzene rings is 2. The molecule has 132 valence electrons. The number of ether oxygens (including phenoxy) is 1. The van der Waals surface area contributed by atoms with Gasteiger partial charge in [-0.1, -0.05) is 48.5 Å². The molecule has 0 spiro atoms. The van der Waals surface area contributed by atoms with Crippen LogP contribution in [0.2, 0.25) is 0 Å². The number of aromatic nitrogens is 1. The van der Waals surface area contributed by atoms with Gasteiger partial charge in [-0.25, -0.2) is 0 Å². The van der Waals surface area contributed by atoms with Gasteiger partial charge in [0, 0.05) is 12.7 Å². The number of nitrogens with zero attached hydrogens (tertiary/aromatic N) is 2. The van der Waals surface area contributed by atoms with E-state index in [0.29, 0.717) is 12.0 Å². The smallest absolute Gasteiger partial charge is 0.285 e. The third kappa shape index (κ3) is 4.70. The van der Waals surface area contributed by atoms with Gasteiger partial charge in [0.25, 0.3) is 5.91 Å². The summed E-state index contributed by atoms with van der Waals surface area (Å²) < 4.78 is 7.61. The third-order valence-electron chi connectivity index (χ3n) is 4.05. The van der Waals surface area contributed by atoms with E-state index in [4.69, 9.17) is 4.74 Å². The lowest BCUT2D eigenvalue weighted by atomic mass is 10.1. The first-order valence-corrected chi connectivity index (χ1v) is 8.59. The maximum atomic E-state index is 12.3. The summed E-state index contributed by atoms with van der Waals surface area (Å²) in [5.74, 6) is 0.415. The quantitative estimate of drug-likeness (QED) is 0.708. The lowest BCUT2D eigenvalue weighted by molar-refractivity contribution is -0.120. The van der Waals surface area contributed by atoms with Crippen molar-refractivity contribution in [1.82, 2.24) is 4.57 Å². The van der Waals surface area contributed by atoms with Crippen molar-refractivity contribution in [2.24, 2.45) is 4.99 Å². The molecule has 0 radical (unpaired) electrons. The first kappa shape index (κ1) is 17.7. The molecule has 1 aromatic heterocycles. The fourth-order valence-corrected chi connectivity index (χ4v) is 2.64. The number of carbonyl (C=O) groups is 1.